The van der Waals surface area contributed by atoms with E-state index in [9.17, 15) is 22.8 Å². The fraction of sp³-hybridized carbons (Fsp3) is 0.312. The Hall–Kier alpha value is -4.71. The summed E-state index contributed by atoms with van der Waals surface area (Å²) < 4.78 is 55.2. The van der Waals surface area contributed by atoms with E-state index in [-0.39, 0.29) is 38.7 Å². The van der Waals surface area contributed by atoms with E-state index < -0.39 is 17.8 Å². The molecule has 3 amide bonds. The fourth-order valence-corrected chi connectivity index (χ4v) is 4.72. The first-order chi connectivity index (χ1) is 21.1. The van der Waals surface area contributed by atoms with Crippen molar-refractivity contribution in [2.75, 3.05) is 52.9 Å². The second kappa shape index (κ2) is 14.6. The number of halogens is 3. The highest BCUT2D eigenvalue weighted by Crippen LogP contribution is 2.30. The molecule has 0 unspecified atom stereocenters. The maximum absolute atomic E-state index is 13.8. The van der Waals surface area contributed by atoms with Crippen molar-refractivity contribution in [3.8, 4) is 11.5 Å². The number of amides is 3. The molecule has 0 saturated heterocycles. The Kier molecular flexibility index (Phi) is 10.7. The second-order valence-electron chi connectivity index (χ2n) is 10.0. The van der Waals surface area contributed by atoms with Gasteiger partial charge in [-0.15, -0.1) is 0 Å². The maximum Gasteiger partial charge on any atom is 0.416 e. The minimum Gasteiger partial charge on any atom is -0.497 e. The number of rotatable bonds is 13. The molecule has 0 atom stereocenters. The van der Waals surface area contributed by atoms with Gasteiger partial charge in [0, 0.05) is 49.9 Å². The van der Waals surface area contributed by atoms with Crippen LogP contribution in [0.4, 0.5) is 23.7 Å². The topological polar surface area (TPSA) is 96.1 Å². The van der Waals surface area contributed by atoms with E-state index in [1.54, 1.807) is 23.1 Å². The van der Waals surface area contributed by atoms with Gasteiger partial charge in [0.25, 0.3) is 0 Å². The number of nitrogens with zero attached hydrogens (tertiary/aromatic N) is 2. The number of hydrogen-bond acceptors (Lipinski definition) is 5. The number of para-hydroxylation sites is 1. The van der Waals surface area contributed by atoms with Gasteiger partial charge in [-0.1, -0.05) is 30.3 Å². The van der Waals surface area contributed by atoms with Crippen LogP contribution < -0.4 is 14.8 Å². The molecule has 2 N–H and O–H groups in total. The summed E-state index contributed by atoms with van der Waals surface area (Å²) in [6.07, 6.45) is -2.10. The van der Waals surface area contributed by atoms with Gasteiger partial charge in [-0.3, -0.25) is 4.79 Å². The number of aromatic amines is 1. The van der Waals surface area contributed by atoms with Gasteiger partial charge in [0.15, 0.2) is 0 Å². The molecule has 44 heavy (non-hydrogen) atoms. The summed E-state index contributed by atoms with van der Waals surface area (Å²) in [6.45, 7) is 0.332. The number of nitrogens with one attached hydrogen (secondary N) is 2. The Morgan fingerprint density at radius 1 is 0.909 bits per heavy atom. The van der Waals surface area contributed by atoms with Crippen molar-refractivity contribution in [2.24, 2.45) is 0 Å². The fourth-order valence-electron chi connectivity index (χ4n) is 4.72. The summed E-state index contributed by atoms with van der Waals surface area (Å²) in [5.41, 5.74) is 2.09. The van der Waals surface area contributed by atoms with Crippen LogP contribution in [-0.4, -0.2) is 74.3 Å². The van der Waals surface area contributed by atoms with Crippen LogP contribution in [0.3, 0.4) is 0 Å². The zero-order chi connectivity index (χ0) is 31.7. The van der Waals surface area contributed by atoms with Crippen LogP contribution in [0.1, 0.15) is 16.7 Å². The first kappa shape index (κ1) is 32.2. The van der Waals surface area contributed by atoms with E-state index in [0.29, 0.717) is 29.2 Å². The Labute approximate surface area is 253 Å². The SMILES string of the molecule is COCCN(CC(=O)N(CCc1c[nH]c2ccccc12)Cc1ccc(C(F)(F)F)cc1)C(=O)Nc1ccc(OC)cc1OC. The molecule has 9 nitrogen and oxygen atoms in total. The minimum atomic E-state index is -4.47. The van der Waals surface area contributed by atoms with Crippen LogP contribution >= 0.6 is 0 Å². The quantitative estimate of drug-likeness (QED) is 0.194. The normalized spacial score (nSPS) is 11.3. The number of alkyl halides is 3. The van der Waals surface area contributed by atoms with Gasteiger partial charge in [0.2, 0.25) is 5.91 Å². The molecular weight excluding hydrogens is 577 g/mol. The van der Waals surface area contributed by atoms with Crippen LogP contribution in [0.15, 0.2) is 72.9 Å². The summed E-state index contributed by atoms with van der Waals surface area (Å²) in [7, 11) is 4.46. The number of hydrogen-bond donors (Lipinski definition) is 2. The van der Waals surface area contributed by atoms with Crippen LogP contribution in [0.25, 0.3) is 10.9 Å². The van der Waals surface area contributed by atoms with E-state index in [0.717, 1.165) is 28.6 Å². The molecule has 0 aliphatic heterocycles. The molecule has 0 aliphatic rings. The molecule has 0 fully saturated rings. The first-order valence-electron chi connectivity index (χ1n) is 13.9. The van der Waals surface area contributed by atoms with E-state index >= 15 is 0 Å². The largest absolute Gasteiger partial charge is 0.497 e. The Balaban J connectivity index is 1.54. The van der Waals surface area contributed by atoms with E-state index in [1.165, 1.54) is 38.4 Å². The number of fused-ring (bicyclic) bond motifs is 1. The van der Waals surface area contributed by atoms with Gasteiger partial charge < -0.3 is 34.3 Å². The van der Waals surface area contributed by atoms with Gasteiger partial charge in [0.1, 0.15) is 18.0 Å². The molecule has 0 spiro atoms. The summed E-state index contributed by atoms with van der Waals surface area (Å²) in [6, 6.07) is 16.9. The zero-order valence-corrected chi connectivity index (χ0v) is 24.7. The van der Waals surface area contributed by atoms with Crippen molar-refractivity contribution in [3.63, 3.8) is 0 Å². The van der Waals surface area contributed by atoms with Crippen molar-refractivity contribution in [1.82, 2.24) is 14.8 Å². The number of carbonyl (C=O) groups is 2. The van der Waals surface area contributed by atoms with Crippen LogP contribution in [0.2, 0.25) is 0 Å². The molecule has 0 radical (unpaired) electrons. The summed E-state index contributed by atoms with van der Waals surface area (Å²) in [5.74, 6) is 0.538. The Bertz CT molecular complexity index is 1560. The molecule has 0 bridgehead atoms. The molecule has 12 heteroatoms. The Morgan fingerprint density at radius 2 is 1.66 bits per heavy atom. The number of aromatic nitrogens is 1. The maximum atomic E-state index is 13.8. The van der Waals surface area contributed by atoms with E-state index in [4.69, 9.17) is 14.2 Å². The lowest BCUT2D eigenvalue weighted by molar-refractivity contribution is -0.137. The van der Waals surface area contributed by atoms with E-state index in [1.807, 2.05) is 30.5 Å². The molecule has 1 heterocycles. The highest BCUT2D eigenvalue weighted by Gasteiger charge is 2.30. The van der Waals surface area contributed by atoms with Crippen LogP contribution in [-0.2, 0) is 28.7 Å². The smallest absolute Gasteiger partial charge is 0.416 e. The van der Waals surface area contributed by atoms with Crippen molar-refractivity contribution >= 4 is 28.5 Å². The summed E-state index contributed by atoms with van der Waals surface area (Å²) in [4.78, 5) is 33.2. The van der Waals surface area contributed by atoms with Gasteiger partial charge in [-0.2, -0.15) is 13.2 Å². The summed E-state index contributed by atoms with van der Waals surface area (Å²) >= 11 is 0. The first-order valence-corrected chi connectivity index (χ1v) is 13.9. The highest BCUT2D eigenvalue weighted by molar-refractivity contribution is 5.93. The van der Waals surface area contributed by atoms with Crippen molar-refractivity contribution in [2.45, 2.75) is 19.1 Å². The average Bonchev–Trinajstić information content (AvgIpc) is 3.44. The van der Waals surface area contributed by atoms with Gasteiger partial charge in [-0.05, 0) is 47.9 Å². The van der Waals surface area contributed by atoms with Crippen molar-refractivity contribution < 1.29 is 37.0 Å². The lowest BCUT2D eigenvalue weighted by Gasteiger charge is -2.28. The van der Waals surface area contributed by atoms with Gasteiger partial charge >= 0.3 is 12.2 Å². The number of methoxy groups -OCH3 is 3. The molecule has 3 aromatic carbocycles. The molecule has 0 saturated carbocycles. The van der Waals surface area contributed by atoms with Crippen LogP contribution in [0.5, 0.6) is 11.5 Å². The number of H-pyrrole nitrogens is 1. The lowest BCUT2D eigenvalue weighted by atomic mass is 10.1. The van der Waals surface area contributed by atoms with Gasteiger partial charge in [-0.25, -0.2) is 4.79 Å². The van der Waals surface area contributed by atoms with Crippen LogP contribution in [0, 0.1) is 0 Å². The molecule has 234 valence electrons. The Morgan fingerprint density at radius 3 is 2.34 bits per heavy atom. The number of ether oxygens (including phenoxy) is 3. The number of anilines is 1. The predicted octanol–water partition coefficient (Wildman–Crippen LogP) is 5.96. The van der Waals surface area contributed by atoms with E-state index in [2.05, 4.69) is 10.3 Å². The number of carbonyl (C=O) groups excluding carboxylic acids is 2. The highest BCUT2D eigenvalue weighted by atomic mass is 19.4. The third-order valence-electron chi connectivity index (χ3n) is 7.16. The standard InChI is InChI=1S/C32H35F3N4O5/c1-42-17-16-39(31(41)37-28-13-12-25(43-2)18-29(28)44-3)21-30(40)38(20-22-8-10-24(11-9-22)32(33,34)35)15-14-23-19-36-27-7-5-4-6-26(23)27/h4-13,18-19,36H,14-17,20-21H2,1-3H3,(H,37,41). The van der Waals surface area contributed by atoms with Crippen molar-refractivity contribution in [3.05, 3.63) is 89.6 Å². The minimum absolute atomic E-state index is 0.0609. The lowest BCUT2D eigenvalue weighted by Crippen LogP contribution is -2.46. The molecule has 0 aliphatic carbocycles. The number of benzene rings is 3. The third kappa shape index (κ3) is 8.22. The van der Waals surface area contributed by atoms with Crippen molar-refractivity contribution in [1.29, 1.82) is 0 Å². The molecule has 4 rings (SSSR count). The average molecular weight is 613 g/mol. The monoisotopic (exact) mass is 612 g/mol. The molecular formula is C32H35F3N4O5. The number of urea groups is 1. The predicted molar refractivity (Wildman–Crippen MR) is 161 cm³/mol. The zero-order valence-electron chi connectivity index (χ0n) is 24.7. The molecule has 4 aromatic rings. The van der Waals surface area contributed by atoms with Gasteiger partial charge in [0.05, 0.1) is 32.1 Å². The third-order valence-corrected chi connectivity index (χ3v) is 7.16. The second-order valence-corrected chi connectivity index (χ2v) is 10.0. The summed E-state index contributed by atoms with van der Waals surface area (Å²) in [5, 5.41) is 3.80. The molecule has 1 aromatic heterocycles.